The van der Waals surface area contributed by atoms with E-state index in [-0.39, 0.29) is 12.5 Å². The number of allylic oxidation sites excluding steroid dienone is 3. The van der Waals surface area contributed by atoms with Crippen LogP contribution in [0.2, 0.25) is 0 Å². The van der Waals surface area contributed by atoms with E-state index in [1.54, 1.807) is 6.08 Å². The fraction of sp³-hybridized carbons (Fsp3) is 0.844. The predicted octanol–water partition coefficient (Wildman–Crippen LogP) is 8.56. The fourth-order valence-corrected chi connectivity index (χ4v) is 4.48. The number of unbranched alkanes of at least 4 members (excludes halogenated alkanes) is 18. The molecule has 0 aromatic heterocycles. The van der Waals surface area contributed by atoms with Gasteiger partial charge in [-0.2, -0.15) is 0 Å². The minimum absolute atomic E-state index is 0.0776. The average molecular weight is 508 g/mol. The Morgan fingerprint density at radius 2 is 1.08 bits per heavy atom. The third-order valence-corrected chi connectivity index (χ3v) is 6.94. The Morgan fingerprint density at radius 3 is 1.61 bits per heavy atom. The molecule has 0 radical (unpaired) electrons. The molecular weight excluding hydrogens is 446 g/mol. The van der Waals surface area contributed by atoms with Crippen molar-refractivity contribution in [3.63, 3.8) is 0 Å². The zero-order valence-electron chi connectivity index (χ0n) is 24.0. The first-order chi connectivity index (χ1) is 17.7. The van der Waals surface area contributed by atoms with E-state index in [1.807, 2.05) is 6.08 Å². The van der Waals surface area contributed by atoms with Crippen molar-refractivity contribution >= 4 is 5.91 Å². The van der Waals surface area contributed by atoms with Gasteiger partial charge in [0, 0.05) is 6.42 Å². The summed E-state index contributed by atoms with van der Waals surface area (Å²) < 4.78 is 0. The molecule has 0 bridgehead atoms. The molecular formula is C32H61NO3. The first kappa shape index (κ1) is 34.9. The van der Waals surface area contributed by atoms with Crippen molar-refractivity contribution < 1.29 is 15.0 Å². The van der Waals surface area contributed by atoms with Gasteiger partial charge in [-0.3, -0.25) is 4.79 Å². The van der Waals surface area contributed by atoms with Crippen molar-refractivity contribution in [3.8, 4) is 0 Å². The summed E-state index contributed by atoms with van der Waals surface area (Å²) in [5.41, 5.74) is 0. The number of nitrogens with one attached hydrogen (secondary N) is 1. The minimum Gasteiger partial charge on any atom is -0.394 e. The summed E-state index contributed by atoms with van der Waals surface area (Å²) in [7, 11) is 0. The van der Waals surface area contributed by atoms with Crippen molar-refractivity contribution in [2.24, 2.45) is 0 Å². The van der Waals surface area contributed by atoms with E-state index in [1.165, 1.54) is 103 Å². The number of amides is 1. The Hall–Kier alpha value is -1.13. The molecule has 0 aliphatic rings. The number of hydrogen-bond donors (Lipinski definition) is 3. The molecule has 0 spiro atoms. The highest BCUT2D eigenvalue weighted by atomic mass is 16.3. The molecule has 3 N–H and O–H groups in total. The second kappa shape index (κ2) is 28.4. The van der Waals surface area contributed by atoms with Crippen molar-refractivity contribution in [1.29, 1.82) is 0 Å². The molecule has 2 unspecified atom stereocenters. The number of aliphatic hydroxyl groups is 2. The molecule has 0 rings (SSSR count). The van der Waals surface area contributed by atoms with Gasteiger partial charge in [0.25, 0.3) is 0 Å². The summed E-state index contributed by atoms with van der Waals surface area (Å²) >= 11 is 0. The summed E-state index contributed by atoms with van der Waals surface area (Å²) in [5, 5.41) is 22.6. The van der Waals surface area contributed by atoms with Crippen LogP contribution in [0.1, 0.15) is 155 Å². The van der Waals surface area contributed by atoms with Gasteiger partial charge in [0.2, 0.25) is 5.91 Å². The molecule has 36 heavy (non-hydrogen) atoms. The van der Waals surface area contributed by atoms with Crippen molar-refractivity contribution in [3.05, 3.63) is 24.3 Å². The summed E-state index contributed by atoms with van der Waals surface area (Å²) in [6, 6.07) is -0.630. The van der Waals surface area contributed by atoms with E-state index in [0.29, 0.717) is 6.42 Å². The maximum Gasteiger partial charge on any atom is 0.220 e. The molecule has 1 amide bonds. The second-order valence-electron chi connectivity index (χ2n) is 10.5. The summed E-state index contributed by atoms with van der Waals surface area (Å²) in [5.74, 6) is -0.0776. The predicted molar refractivity (Wildman–Crippen MR) is 156 cm³/mol. The van der Waals surface area contributed by atoms with E-state index in [2.05, 4.69) is 31.3 Å². The van der Waals surface area contributed by atoms with E-state index in [9.17, 15) is 15.0 Å². The van der Waals surface area contributed by atoms with E-state index in [4.69, 9.17) is 0 Å². The molecule has 0 aromatic rings. The van der Waals surface area contributed by atoms with Gasteiger partial charge in [0.15, 0.2) is 0 Å². The van der Waals surface area contributed by atoms with Crippen LogP contribution in [-0.2, 0) is 4.79 Å². The number of carbonyl (C=O) groups excluding carboxylic acids is 1. The largest absolute Gasteiger partial charge is 0.394 e. The van der Waals surface area contributed by atoms with Crippen LogP contribution in [0, 0.1) is 0 Å². The molecule has 0 aromatic carbocycles. The lowest BCUT2D eigenvalue weighted by Crippen LogP contribution is -2.45. The normalized spacial score (nSPS) is 13.6. The molecule has 0 aliphatic carbocycles. The molecule has 4 nitrogen and oxygen atoms in total. The topological polar surface area (TPSA) is 69.6 Å². The Kier molecular flexibility index (Phi) is 27.5. The van der Waals surface area contributed by atoms with Crippen LogP contribution in [0.25, 0.3) is 0 Å². The van der Waals surface area contributed by atoms with Crippen molar-refractivity contribution in [2.75, 3.05) is 6.61 Å². The van der Waals surface area contributed by atoms with Crippen LogP contribution in [0.15, 0.2) is 24.3 Å². The lowest BCUT2D eigenvalue weighted by molar-refractivity contribution is -0.123. The van der Waals surface area contributed by atoms with Crippen LogP contribution in [0.3, 0.4) is 0 Å². The van der Waals surface area contributed by atoms with Crippen LogP contribution in [-0.4, -0.2) is 34.9 Å². The first-order valence-electron chi connectivity index (χ1n) is 15.6. The number of rotatable bonds is 27. The van der Waals surface area contributed by atoms with Gasteiger partial charge in [0.1, 0.15) is 0 Å². The molecule has 0 fully saturated rings. The van der Waals surface area contributed by atoms with Gasteiger partial charge >= 0.3 is 0 Å². The third-order valence-electron chi connectivity index (χ3n) is 6.94. The highest BCUT2D eigenvalue weighted by Gasteiger charge is 2.17. The Labute approximate surface area is 224 Å². The van der Waals surface area contributed by atoms with E-state index in [0.717, 1.165) is 32.1 Å². The molecule has 2 atom stereocenters. The molecule has 0 aliphatic heterocycles. The SMILES string of the molecule is CCCCC/C=C/CC/C=C/C(O)C(CO)NC(=O)CCCCCCCCCCCCCCCCC. The Morgan fingerprint density at radius 1 is 0.639 bits per heavy atom. The second-order valence-corrected chi connectivity index (χ2v) is 10.5. The summed E-state index contributed by atoms with van der Waals surface area (Å²) in [4.78, 5) is 12.2. The van der Waals surface area contributed by atoms with Crippen LogP contribution in [0.4, 0.5) is 0 Å². The molecule has 212 valence electrons. The van der Waals surface area contributed by atoms with Gasteiger partial charge < -0.3 is 15.5 Å². The molecule has 0 heterocycles. The Bertz CT molecular complexity index is 518. The number of carbonyl (C=O) groups is 1. The number of aliphatic hydroxyl groups excluding tert-OH is 2. The van der Waals surface area contributed by atoms with E-state index < -0.39 is 12.1 Å². The van der Waals surface area contributed by atoms with Gasteiger partial charge in [-0.25, -0.2) is 0 Å². The molecule has 0 saturated carbocycles. The van der Waals surface area contributed by atoms with Gasteiger partial charge in [-0.15, -0.1) is 0 Å². The highest BCUT2D eigenvalue weighted by Crippen LogP contribution is 2.14. The Balaban J connectivity index is 3.65. The van der Waals surface area contributed by atoms with Crippen molar-refractivity contribution in [1.82, 2.24) is 5.32 Å². The minimum atomic E-state index is -0.853. The smallest absolute Gasteiger partial charge is 0.220 e. The van der Waals surface area contributed by atoms with Crippen LogP contribution in [0.5, 0.6) is 0 Å². The van der Waals surface area contributed by atoms with Crippen LogP contribution < -0.4 is 5.32 Å². The first-order valence-corrected chi connectivity index (χ1v) is 15.6. The third kappa shape index (κ3) is 24.6. The maximum atomic E-state index is 12.2. The lowest BCUT2D eigenvalue weighted by atomic mass is 10.0. The summed E-state index contributed by atoms with van der Waals surface area (Å²) in [6.07, 6.45) is 34.0. The van der Waals surface area contributed by atoms with E-state index >= 15 is 0 Å². The highest BCUT2D eigenvalue weighted by molar-refractivity contribution is 5.76. The average Bonchev–Trinajstić information content (AvgIpc) is 2.88. The van der Waals surface area contributed by atoms with Crippen molar-refractivity contribution in [2.45, 2.75) is 167 Å². The summed E-state index contributed by atoms with van der Waals surface area (Å²) in [6.45, 7) is 4.23. The van der Waals surface area contributed by atoms with Crippen LogP contribution >= 0.6 is 0 Å². The quantitative estimate of drug-likeness (QED) is 0.0770. The zero-order chi connectivity index (χ0) is 26.5. The zero-order valence-corrected chi connectivity index (χ0v) is 24.0. The molecule has 0 saturated heterocycles. The maximum absolute atomic E-state index is 12.2. The monoisotopic (exact) mass is 507 g/mol. The van der Waals surface area contributed by atoms with Gasteiger partial charge in [-0.05, 0) is 32.1 Å². The lowest BCUT2D eigenvalue weighted by Gasteiger charge is -2.19. The standard InChI is InChI=1S/C32H61NO3/c1-3-5-7-9-11-13-14-15-16-17-18-20-22-24-26-28-32(36)33-30(29-34)31(35)27-25-23-21-19-12-10-8-6-4-2/h12,19,25,27,30-31,34-35H,3-11,13-18,20-24,26,28-29H2,1-2H3,(H,33,36)/b19-12+,27-25+. The molecule has 4 heteroatoms. The fourth-order valence-electron chi connectivity index (χ4n) is 4.48. The van der Waals surface area contributed by atoms with Gasteiger partial charge in [-0.1, -0.05) is 141 Å². The number of hydrogen-bond acceptors (Lipinski definition) is 3. The van der Waals surface area contributed by atoms with Gasteiger partial charge in [0.05, 0.1) is 18.8 Å².